The van der Waals surface area contributed by atoms with E-state index in [0.29, 0.717) is 17.1 Å². The highest BCUT2D eigenvalue weighted by Gasteiger charge is 2.19. The van der Waals surface area contributed by atoms with Crippen molar-refractivity contribution in [1.29, 1.82) is 0 Å². The highest BCUT2D eigenvalue weighted by Crippen LogP contribution is 2.27. The van der Waals surface area contributed by atoms with E-state index in [1.807, 2.05) is 0 Å². The van der Waals surface area contributed by atoms with E-state index in [1.165, 1.54) is 21.1 Å². The van der Waals surface area contributed by atoms with Crippen molar-refractivity contribution in [3.63, 3.8) is 0 Å². The van der Waals surface area contributed by atoms with Gasteiger partial charge in [0.05, 0.1) is 14.2 Å². The van der Waals surface area contributed by atoms with Gasteiger partial charge in [0, 0.05) is 12.1 Å². The van der Waals surface area contributed by atoms with Crippen molar-refractivity contribution >= 4 is 17.8 Å². The molecule has 0 saturated carbocycles. The van der Waals surface area contributed by atoms with Gasteiger partial charge in [0.2, 0.25) is 0 Å². The standard InChI is InChI=1S/C21H24N2O6/c1-14(23-20(25)16-7-5-4-6-8-16)21(26)29-13-19(24)22-12-15-9-10-17(27-2)18(11-15)28-3/h4-11,14H,12-13H2,1-3H3,(H,22,24)(H,23,25)/t14-/m0/s1. The molecule has 29 heavy (non-hydrogen) atoms. The Morgan fingerprint density at radius 1 is 0.966 bits per heavy atom. The summed E-state index contributed by atoms with van der Waals surface area (Å²) in [5.41, 5.74) is 1.23. The molecule has 0 fully saturated rings. The Bertz CT molecular complexity index is 854. The largest absolute Gasteiger partial charge is 0.493 e. The molecule has 154 valence electrons. The Labute approximate surface area is 169 Å². The first-order valence-electron chi connectivity index (χ1n) is 8.94. The number of methoxy groups -OCH3 is 2. The number of ether oxygens (including phenoxy) is 3. The predicted molar refractivity (Wildman–Crippen MR) is 106 cm³/mol. The first-order chi connectivity index (χ1) is 13.9. The zero-order valence-corrected chi connectivity index (χ0v) is 16.6. The smallest absolute Gasteiger partial charge is 0.328 e. The van der Waals surface area contributed by atoms with E-state index >= 15 is 0 Å². The molecule has 0 spiro atoms. The molecule has 0 bridgehead atoms. The van der Waals surface area contributed by atoms with E-state index in [1.54, 1.807) is 48.5 Å². The Morgan fingerprint density at radius 2 is 1.66 bits per heavy atom. The highest BCUT2D eigenvalue weighted by atomic mass is 16.5. The molecule has 0 aliphatic rings. The second-order valence-electron chi connectivity index (χ2n) is 6.13. The Morgan fingerprint density at radius 3 is 2.31 bits per heavy atom. The summed E-state index contributed by atoms with van der Waals surface area (Å²) in [4.78, 5) is 36.0. The van der Waals surface area contributed by atoms with Crippen LogP contribution in [0.5, 0.6) is 11.5 Å². The molecule has 0 radical (unpaired) electrons. The lowest BCUT2D eigenvalue weighted by molar-refractivity contribution is -0.150. The molecule has 2 aromatic rings. The molecule has 8 heteroatoms. The van der Waals surface area contributed by atoms with Crippen LogP contribution in [0.25, 0.3) is 0 Å². The third-order valence-corrected chi connectivity index (χ3v) is 4.02. The predicted octanol–water partition coefficient (Wildman–Crippen LogP) is 1.68. The summed E-state index contributed by atoms with van der Waals surface area (Å²) in [6.45, 7) is 1.28. The van der Waals surface area contributed by atoms with Gasteiger partial charge in [0.25, 0.3) is 11.8 Å². The van der Waals surface area contributed by atoms with Crippen LogP contribution in [0, 0.1) is 0 Å². The van der Waals surface area contributed by atoms with Crippen molar-refractivity contribution < 1.29 is 28.6 Å². The zero-order valence-electron chi connectivity index (χ0n) is 16.6. The average Bonchev–Trinajstić information content (AvgIpc) is 2.76. The summed E-state index contributed by atoms with van der Waals surface area (Å²) < 4.78 is 15.3. The minimum Gasteiger partial charge on any atom is -0.493 e. The molecule has 0 heterocycles. The summed E-state index contributed by atoms with van der Waals surface area (Å²) in [6.07, 6.45) is 0. The van der Waals surface area contributed by atoms with E-state index in [-0.39, 0.29) is 6.54 Å². The summed E-state index contributed by atoms with van der Waals surface area (Å²) in [7, 11) is 3.06. The summed E-state index contributed by atoms with van der Waals surface area (Å²) in [6, 6.07) is 12.9. The van der Waals surface area contributed by atoms with Crippen LogP contribution in [-0.2, 0) is 20.9 Å². The number of carbonyl (C=O) groups excluding carboxylic acids is 3. The number of rotatable bonds is 9. The van der Waals surface area contributed by atoms with Gasteiger partial charge >= 0.3 is 5.97 Å². The molecule has 0 aromatic heterocycles. The van der Waals surface area contributed by atoms with Crippen LogP contribution in [0.2, 0.25) is 0 Å². The van der Waals surface area contributed by atoms with E-state index in [9.17, 15) is 14.4 Å². The lowest BCUT2D eigenvalue weighted by Gasteiger charge is -2.14. The van der Waals surface area contributed by atoms with Crippen molar-refractivity contribution in [3.05, 3.63) is 59.7 Å². The van der Waals surface area contributed by atoms with Gasteiger partial charge in [0.1, 0.15) is 6.04 Å². The molecule has 0 saturated heterocycles. The Hall–Kier alpha value is -3.55. The van der Waals surface area contributed by atoms with Gasteiger partial charge in [-0.25, -0.2) is 4.79 Å². The van der Waals surface area contributed by atoms with Gasteiger partial charge in [-0.05, 0) is 36.8 Å². The second kappa shape index (κ2) is 10.7. The summed E-state index contributed by atoms with van der Waals surface area (Å²) in [5.74, 6) is -0.421. The maximum absolute atomic E-state index is 12.0. The van der Waals surface area contributed by atoms with E-state index < -0.39 is 30.4 Å². The van der Waals surface area contributed by atoms with E-state index in [4.69, 9.17) is 14.2 Å². The molecule has 2 aromatic carbocycles. The first-order valence-corrected chi connectivity index (χ1v) is 8.94. The highest BCUT2D eigenvalue weighted by molar-refractivity contribution is 5.96. The number of carbonyl (C=O) groups is 3. The maximum atomic E-state index is 12.0. The topological polar surface area (TPSA) is 103 Å². The Balaban J connectivity index is 1.76. The SMILES string of the molecule is COc1ccc(CNC(=O)COC(=O)[C@H](C)NC(=O)c2ccccc2)cc1OC. The molecule has 0 aliphatic heterocycles. The fourth-order valence-corrected chi connectivity index (χ4v) is 2.43. The third kappa shape index (κ3) is 6.53. The quantitative estimate of drug-likeness (QED) is 0.621. The number of hydrogen-bond donors (Lipinski definition) is 2. The Kier molecular flexibility index (Phi) is 8.02. The van der Waals surface area contributed by atoms with Gasteiger partial charge < -0.3 is 24.8 Å². The van der Waals surface area contributed by atoms with Crippen LogP contribution in [0.15, 0.2) is 48.5 Å². The van der Waals surface area contributed by atoms with Crippen molar-refractivity contribution in [3.8, 4) is 11.5 Å². The molecular formula is C21H24N2O6. The minimum absolute atomic E-state index is 0.233. The maximum Gasteiger partial charge on any atom is 0.328 e. The number of esters is 1. The number of amides is 2. The van der Waals surface area contributed by atoms with Gasteiger partial charge in [-0.3, -0.25) is 9.59 Å². The van der Waals surface area contributed by atoms with Crippen LogP contribution in [0.1, 0.15) is 22.8 Å². The molecule has 2 rings (SSSR count). The fourth-order valence-electron chi connectivity index (χ4n) is 2.43. The number of benzene rings is 2. The average molecular weight is 400 g/mol. The second-order valence-corrected chi connectivity index (χ2v) is 6.13. The summed E-state index contributed by atoms with van der Waals surface area (Å²) >= 11 is 0. The number of nitrogens with one attached hydrogen (secondary N) is 2. The van der Waals surface area contributed by atoms with Crippen molar-refractivity contribution in [2.45, 2.75) is 19.5 Å². The van der Waals surface area contributed by atoms with E-state index in [0.717, 1.165) is 5.56 Å². The summed E-state index contributed by atoms with van der Waals surface area (Å²) in [5, 5.41) is 5.18. The van der Waals surface area contributed by atoms with Crippen LogP contribution in [0.4, 0.5) is 0 Å². The molecule has 1 atom stereocenters. The zero-order chi connectivity index (χ0) is 21.2. The molecule has 2 amide bonds. The third-order valence-electron chi connectivity index (χ3n) is 4.02. The molecule has 2 N–H and O–H groups in total. The normalized spacial score (nSPS) is 11.1. The lowest BCUT2D eigenvalue weighted by Crippen LogP contribution is -2.40. The van der Waals surface area contributed by atoms with Gasteiger partial charge in [0.15, 0.2) is 18.1 Å². The van der Waals surface area contributed by atoms with Gasteiger partial charge in [-0.2, -0.15) is 0 Å². The first kappa shape index (κ1) is 21.7. The molecule has 0 aliphatic carbocycles. The van der Waals surface area contributed by atoms with Crippen molar-refractivity contribution in [2.75, 3.05) is 20.8 Å². The van der Waals surface area contributed by atoms with Gasteiger partial charge in [-0.1, -0.05) is 24.3 Å². The monoisotopic (exact) mass is 400 g/mol. The van der Waals surface area contributed by atoms with Crippen molar-refractivity contribution in [2.24, 2.45) is 0 Å². The van der Waals surface area contributed by atoms with Gasteiger partial charge in [-0.15, -0.1) is 0 Å². The number of hydrogen-bond acceptors (Lipinski definition) is 6. The van der Waals surface area contributed by atoms with E-state index in [2.05, 4.69) is 10.6 Å². The fraction of sp³-hybridized carbons (Fsp3) is 0.286. The minimum atomic E-state index is -0.888. The van der Waals surface area contributed by atoms with Crippen LogP contribution >= 0.6 is 0 Å². The van der Waals surface area contributed by atoms with Crippen LogP contribution in [-0.4, -0.2) is 44.7 Å². The molecule has 8 nitrogen and oxygen atoms in total. The van der Waals surface area contributed by atoms with Crippen LogP contribution < -0.4 is 20.1 Å². The lowest BCUT2D eigenvalue weighted by atomic mass is 10.2. The molecule has 0 unspecified atom stereocenters. The molecular weight excluding hydrogens is 376 g/mol. The van der Waals surface area contributed by atoms with Crippen molar-refractivity contribution in [1.82, 2.24) is 10.6 Å². The van der Waals surface area contributed by atoms with Crippen LogP contribution in [0.3, 0.4) is 0 Å².